The molecule has 0 spiro atoms. The molecule has 0 radical (unpaired) electrons. The summed E-state index contributed by atoms with van der Waals surface area (Å²) >= 11 is 0. The molecule has 0 unspecified atom stereocenters. The third-order valence-corrected chi connectivity index (χ3v) is 1.49. The summed E-state index contributed by atoms with van der Waals surface area (Å²) in [6.07, 6.45) is 0. The van der Waals surface area contributed by atoms with Crippen molar-refractivity contribution < 1.29 is 0 Å². The van der Waals surface area contributed by atoms with E-state index in [1.165, 1.54) is 5.56 Å². The van der Waals surface area contributed by atoms with Crippen LogP contribution in [-0.4, -0.2) is 13.1 Å². The Labute approximate surface area is 67.4 Å². The minimum absolute atomic E-state index is 0.675. The summed E-state index contributed by atoms with van der Waals surface area (Å²) in [5, 5.41) is 3.21. The number of aryl methyl sites for hydroxylation is 1. The quantitative estimate of drug-likeness (QED) is 0.683. The highest BCUT2D eigenvalue weighted by Gasteiger charge is 1.88. The number of nitrogens with two attached hydrogens (primary N) is 1. The summed E-state index contributed by atoms with van der Waals surface area (Å²) in [5.41, 5.74) is 7.77. The largest absolute Gasteiger partial charge is 0.384 e. The molecular weight excluding hydrogens is 136 g/mol. The van der Waals surface area contributed by atoms with Gasteiger partial charge >= 0.3 is 0 Å². The molecule has 1 aromatic rings. The van der Waals surface area contributed by atoms with Gasteiger partial charge in [-0.3, -0.25) is 0 Å². The van der Waals surface area contributed by atoms with Gasteiger partial charge in [0.15, 0.2) is 0 Å². The molecule has 0 aliphatic rings. The molecule has 0 aromatic heterocycles. The highest BCUT2D eigenvalue weighted by Crippen LogP contribution is 2.08. The molecule has 1 rings (SSSR count). The van der Waals surface area contributed by atoms with Crippen LogP contribution in [0.25, 0.3) is 0 Å². The Morgan fingerprint density at radius 2 is 2.27 bits per heavy atom. The van der Waals surface area contributed by atoms with Crippen molar-refractivity contribution in [3.05, 3.63) is 29.8 Å². The average molecular weight is 150 g/mol. The minimum Gasteiger partial charge on any atom is -0.384 e. The van der Waals surface area contributed by atoms with Gasteiger partial charge in [-0.1, -0.05) is 12.1 Å². The van der Waals surface area contributed by atoms with Crippen LogP contribution in [0.2, 0.25) is 0 Å². The Morgan fingerprint density at radius 3 is 2.91 bits per heavy atom. The van der Waals surface area contributed by atoms with E-state index in [4.69, 9.17) is 5.73 Å². The zero-order chi connectivity index (χ0) is 8.10. The number of rotatable bonds is 3. The van der Waals surface area contributed by atoms with Crippen molar-refractivity contribution in [2.45, 2.75) is 6.92 Å². The van der Waals surface area contributed by atoms with Crippen molar-refractivity contribution in [1.82, 2.24) is 0 Å². The Morgan fingerprint density at radius 1 is 1.45 bits per heavy atom. The van der Waals surface area contributed by atoms with E-state index in [9.17, 15) is 0 Å². The van der Waals surface area contributed by atoms with Crippen LogP contribution in [0.5, 0.6) is 0 Å². The van der Waals surface area contributed by atoms with Gasteiger partial charge in [-0.2, -0.15) is 0 Å². The third kappa shape index (κ3) is 2.60. The number of benzene rings is 1. The normalized spacial score (nSPS) is 9.64. The van der Waals surface area contributed by atoms with Crippen LogP contribution < -0.4 is 11.1 Å². The second kappa shape index (κ2) is 3.98. The molecule has 0 saturated carbocycles. The number of hydrogen-bond donors (Lipinski definition) is 2. The van der Waals surface area contributed by atoms with Gasteiger partial charge in [0.1, 0.15) is 0 Å². The first-order valence-electron chi connectivity index (χ1n) is 3.83. The molecule has 3 N–H and O–H groups in total. The van der Waals surface area contributed by atoms with Gasteiger partial charge in [-0.05, 0) is 24.6 Å². The fourth-order valence-electron chi connectivity index (χ4n) is 0.972. The maximum Gasteiger partial charge on any atom is 0.0343 e. The summed E-state index contributed by atoms with van der Waals surface area (Å²) in [7, 11) is 0. The van der Waals surface area contributed by atoms with Gasteiger partial charge in [-0.15, -0.1) is 0 Å². The smallest absolute Gasteiger partial charge is 0.0343 e. The molecule has 0 amide bonds. The van der Waals surface area contributed by atoms with Crippen molar-refractivity contribution in [2.75, 3.05) is 18.4 Å². The molecule has 1 aromatic carbocycles. The summed E-state index contributed by atoms with van der Waals surface area (Å²) in [6, 6.07) is 8.26. The lowest BCUT2D eigenvalue weighted by atomic mass is 10.2. The van der Waals surface area contributed by atoms with Gasteiger partial charge < -0.3 is 11.1 Å². The van der Waals surface area contributed by atoms with Crippen molar-refractivity contribution in [2.24, 2.45) is 5.73 Å². The zero-order valence-electron chi connectivity index (χ0n) is 6.80. The van der Waals surface area contributed by atoms with E-state index in [2.05, 4.69) is 24.4 Å². The van der Waals surface area contributed by atoms with Crippen LogP contribution in [0.1, 0.15) is 5.56 Å². The molecule has 2 heteroatoms. The predicted molar refractivity (Wildman–Crippen MR) is 48.7 cm³/mol. The molecule has 2 nitrogen and oxygen atoms in total. The second-order valence-corrected chi connectivity index (χ2v) is 2.58. The Bertz CT molecular complexity index is 221. The van der Waals surface area contributed by atoms with Gasteiger partial charge in [-0.25, -0.2) is 0 Å². The lowest BCUT2D eigenvalue weighted by Crippen LogP contribution is -2.12. The highest BCUT2D eigenvalue weighted by molar-refractivity contribution is 5.45. The maximum absolute atomic E-state index is 5.35. The molecule has 11 heavy (non-hydrogen) atoms. The SMILES string of the molecule is Cc1cccc(NCCN)c1. The topological polar surface area (TPSA) is 38.0 Å². The lowest BCUT2D eigenvalue weighted by molar-refractivity contribution is 1.02. The first kappa shape index (κ1) is 8.08. The highest BCUT2D eigenvalue weighted by atomic mass is 14.9. The lowest BCUT2D eigenvalue weighted by Gasteiger charge is -2.04. The molecule has 0 atom stereocenters. The van der Waals surface area contributed by atoms with E-state index in [0.717, 1.165) is 12.2 Å². The van der Waals surface area contributed by atoms with Gasteiger partial charge in [0.2, 0.25) is 0 Å². The molecule has 0 bridgehead atoms. The Kier molecular flexibility index (Phi) is 2.93. The molecule has 0 fully saturated rings. The van der Waals surface area contributed by atoms with Crippen molar-refractivity contribution >= 4 is 5.69 Å². The number of hydrogen-bond acceptors (Lipinski definition) is 2. The van der Waals surface area contributed by atoms with E-state index in [1.54, 1.807) is 0 Å². The third-order valence-electron chi connectivity index (χ3n) is 1.49. The Balaban J connectivity index is 2.56. The van der Waals surface area contributed by atoms with Crippen LogP contribution in [0, 0.1) is 6.92 Å². The van der Waals surface area contributed by atoms with Crippen molar-refractivity contribution in [1.29, 1.82) is 0 Å². The fraction of sp³-hybridized carbons (Fsp3) is 0.333. The minimum atomic E-state index is 0.675. The van der Waals surface area contributed by atoms with E-state index >= 15 is 0 Å². The van der Waals surface area contributed by atoms with E-state index in [0.29, 0.717) is 6.54 Å². The first-order chi connectivity index (χ1) is 5.33. The average Bonchev–Trinajstić information content (AvgIpc) is 2.01. The molecule has 0 aliphatic heterocycles. The number of nitrogens with one attached hydrogen (secondary N) is 1. The maximum atomic E-state index is 5.35. The standard InChI is InChI=1S/C9H14N2/c1-8-3-2-4-9(7-8)11-6-5-10/h2-4,7,11H,5-6,10H2,1H3. The second-order valence-electron chi connectivity index (χ2n) is 2.58. The molecular formula is C9H14N2. The van der Waals surface area contributed by atoms with Gasteiger partial charge in [0.25, 0.3) is 0 Å². The van der Waals surface area contributed by atoms with E-state index in [1.807, 2.05) is 12.1 Å². The summed E-state index contributed by atoms with van der Waals surface area (Å²) in [5.74, 6) is 0. The molecule has 60 valence electrons. The van der Waals surface area contributed by atoms with Gasteiger partial charge in [0, 0.05) is 18.8 Å². The van der Waals surface area contributed by atoms with Crippen LogP contribution in [0.15, 0.2) is 24.3 Å². The summed E-state index contributed by atoms with van der Waals surface area (Å²) in [6.45, 7) is 3.59. The molecule has 0 heterocycles. The van der Waals surface area contributed by atoms with E-state index < -0.39 is 0 Å². The van der Waals surface area contributed by atoms with Crippen molar-refractivity contribution in [3.8, 4) is 0 Å². The first-order valence-corrected chi connectivity index (χ1v) is 3.83. The summed E-state index contributed by atoms with van der Waals surface area (Å²) < 4.78 is 0. The predicted octanol–water partition coefficient (Wildman–Crippen LogP) is 1.37. The Hall–Kier alpha value is -1.02. The monoisotopic (exact) mass is 150 g/mol. The van der Waals surface area contributed by atoms with Gasteiger partial charge in [0.05, 0.1) is 0 Å². The van der Waals surface area contributed by atoms with Crippen LogP contribution in [0.4, 0.5) is 5.69 Å². The fourth-order valence-corrected chi connectivity index (χ4v) is 0.972. The summed E-state index contributed by atoms with van der Waals surface area (Å²) in [4.78, 5) is 0. The van der Waals surface area contributed by atoms with Crippen LogP contribution >= 0.6 is 0 Å². The molecule has 0 saturated heterocycles. The van der Waals surface area contributed by atoms with Crippen LogP contribution in [-0.2, 0) is 0 Å². The molecule has 0 aliphatic carbocycles. The number of anilines is 1. The van der Waals surface area contributed by atoms with E-state index in [-0.39, 0.29) is 0 Å². The van der Waals surface area contributed by atoms with Crippen molar-refractivity contribution in [3.63, 3.8) is 0 Å². The zero-order valence-corrected chi connectivity index (χ0v) is 6.80. The van der Waals surface area contributed by atoms with Crippen LogP contribution in [0.3, 0.4) is 0 Å².